The maximum Gasteiger partial charge on any atom is 0.0991 e. The molecule has 0 spiro atoms. The third-order valence-corrected chi connectivity index (χ3v) is 3.39. The van der Waals surface area contributed by atoms with Crippen LogP contribution >= 0.6 is 0 Å². The molecule has 0 saturated carbocycles. The van der Waals surface area contributed by atoms with Crippen LogP contribution in [0.5, 0.6) is 0 Å². The van der Waals surface area contributed by atoms with E-state index < -0.39 is 0 Å². The molecule has 0 saturated heterocycles. The van der Waals surface area contributed by atoms with E-state index in [2.05, 4.69) is 16.6 Å². The lowest BCUT2D eigenvalue weighted by molar-refractivity contribution is 1.35. The van der Waals surface area contributed by atoms with Crippen molar-refractivity contribution in [3.63, 3.8) is 0 Å². The third kappa shape index (κ3) is 3.84. The van der Waals surface area contributed by atoms with Gasteiger partial charge in [0.25, 0.3) is 0 Å². The van der Waals surface area contributed by atoms with Gasteiger partial charge in [-0.1, -0.05) is 48.5 Å². The summed E-state index contributed by atoms with van der Waals surface area (Å²) in [6.07, 6.45) is 1.78. The molecule has 0 unspecified atom stereocenters. The number of anilines is 1. The maximum atomic E-state index is 9.01. The Labute approximate surface area is 135 Å². The molecule has 0 aliphatic rings. The number of nitrogens with one attached hydrogen (secondary N) is 1. The highest BCUT2D eigenvalue weighted by molar-refractivity contribution is 5.83. The molecule has 0 bridgehead atoms. The normalized spacial score (nSPS) is 10.4. The van der Waals surface area contributed by atoms with Gasteiger partial charge in [0.2, 0.25) is 0 Å². The van der Waals surface area contributed by atoms with Crippen molar-refractivity contribution >= 4 is 11.9 Å². The van der Waals surface area contributed by atoms with E-state index in [0.717, 1.165) is 22.4 Å². The van der Waals surface area contributed by atoms with Crippen LogP contribution in [0.25, 0.3) is 11.1 Å². The minimum atomic E-state index is 0.660. The number of rotatable bonds is 4. The van der Waals surface area contributed by atoms with Crippen LogP contribution in [-0.4, -0.2) is 6.21 Å². The van der Waals surface area contributed by atoms with Crippen LogP contribution in [-0.2, 0) is 0 Å². The predicted octanol–water partition coefficient (Wildman–Crippen LogP) is 4.67. The second-order valence-corrected chi connectivity index (χ2v) is 5.05. The Morgan fingerprint density at radius 2 is 1.57 bits per heavy atom. The Hall–Kier alpha value is -3.38. The van der Waals surface area contributed by atoms with Crippen molar-refractivity contribution in [3.05, 3.63) is 90.0 Å². The molecule has 0 aromatic heterocycles. The lowest BCUT2D eigenvalue weighted by Crippen LogP contribution is -1.90. The monoisotopic (exact) mass is 297 g/mol. The van der Waals surface area contributed by atoms with Gasteiger partial charge < -0.3 is 0 Å². The van der Waals surface area contributed by atoms with Crippen LogP contribution < -0.4 is 5.43 Å². The Morgan fingerprint density at radius 1 is 0.826 bits per heavy atom. The van der Waals surface area contributed by atoms with E-state index >= 15 is 0 Å². The van der Waals surface area contributed by atoms with Crippen LogP contribution in [0.15, 0.2) is 84.0 Å². The first kappa shape index (κ1) is 14.6. The largest absolute Gasteiger partial charge is 0.279 e. The van der Waals surface area contributed by atoms with E-state index in [-0.39, 0.29) is 0 Å². The minimum Gasteiger partial charge on any atom is -0.279 e. The van der Waals surface area contributed by atoms with Crippen LogP contribution in [0.4, 0.5) is 5.69 Å². The first-order valence-electron chi connectivity index (χ1n) is 7.30. The van der Waals surface area contributed by atoms with Crippen LogP contribution in [0.3, 0.4) is 0 Å². The molecule has 23 heavy (non-hydrogen) atoms. The van der Waals surface area contributed by atoms with Gasteiger partial charge in [0.15, 0.2) is 0 Å². The van der Waals surface area contributed by atoms with Crippen LogP contribution in [0.1, 0.15) is 11.1 Å². The van der Waals surface area contributed by atoms with Crippen molar-refractivity contribution in [1.29, 1.82) is 5.26 Å². The molecule has 0 fully saturated rings. The number of nitriles is 1. The van der Waals surface area contributed by atoms with E-state index in [4.69, 9.17) is 5.26 Å². The molecule has 3 rings (SSSR count). The summed E-state index contributed by atoms with van der Waals surface area (Å²) < 4.78 is 0. The average molecular weight is 297 g/mol. The molecule has 3 nitrogen and oxygen atoms in total. The molecular formula is C20H15N3. The van der Waals surface area contributed by atoms with E-state index in [0.29, 0.717) is 5.56 Å². The minimum absolute atomic E-state index is 0.660. The summed E-state index contributed by atoms with van der Waals surface area (Å²) >= 11 is 0. The Kier molecular flexibility index (Phi) is 4.47. The zero-order chi connectivity index (χ0) is 15.9. The second-order valence-electron chi connectivity index (χ2n) is 5.05. The van der Waals surface area contributed by atoms with E-state index in [9.17, 15) is 0 Å². The third-order valence-electron chi connectivity index (χ3n) is 3.39. The summed E-state index contributed by atoms with van der Waals surface area (Å²) in [4.78, 5) is 0. The number of hydrogen-bond donors (Lipinski definition) is 1. The lowest BCUT2D eigenvalue weighted by Gasteiger charge is -2.03. The van der Waals surface area contributed by atoms with Crippen molar-refractivity contribution < 1.29 is 0 Å². The fourth-order valence-electron chi connectivity index (χ4n) is 2.26. The molecule has 0 heterocycles. The highest BCUT2D eigenvalue weighted by Gasteiger charge is 2.00. The molecule has 3 aromatic rings. The van der Waals surface area contributed by atoms with Gasteiger partial charge in [-0.2, -0.15) is 10.4 Å². The summed E-state index contributed by atoms with van der Waals surface area (Å²) in [7, 11) is 0. The number of hydrazone groups is 1. The fourth-order valence-corrected chi connectivity index (χ4v) is 2.26. The highest BCUT2D eigenvalue weighted by Crippen LogP contribution is 2.21. The number of para-hydroxylation sites is 1. The maximum absolute atomic E-state index is 9.01. The van der Waals surface area contributed by atoms with Gasteiger partial charge in [-0.15, -0.1) is 0 Å². The van der Waals surface area contributed by atoms with Crippen molar-refractivity contribution in [2.75, 3.05) is 5.43 Å². The summed E-state index contributed by atoms with van der Waals surface area (Å²) in [5.74, 6) is 0. The van der Waals surface area contributed by atoms with E-state index in [1.54, 1.807) is 12.3 Å². The molecule has 1 N–H and O–H groups in total. The molecule has 110 valence electrons. The Balaban J connectivity index is 1.78. The van der Waals surface area contributed by atoms with Gasteiger partial charge in [0, 0.05) is 0 Å². The van der Waals surface area contributed by atoms with Crippen LogP contribution in [0, 0.1) is 11.3 Å². The van der Waals surface area contributed by atoms with Crippen molar-refractivity contribution in [2.24, 2.45) is 5.10 Å². The molecule has 0 atom stereocenters. The molecule has 0 radical (unpaired) electrons. The zero-order valence-electron chi connectivity index (χ0n) is 12.5. The molecule has 3 heteroatoms. The Morgan fingerprint density at radius 3 is 2.35 bits per heavy atom. The highest BCUT2D eigenvalue weighted by atomic mass is 15.3. The van der Waals surface area contributed by atoms with Crippen molar-refractivity contribution in [2.45, 2.75) is 0 Å². The summed E-state index contributed by atoms with van der Waals surface area (Å²) in [6, 6.07) is 27.6. The average Bonchev–Trinajstić information content (AvgIpc) is 2.63. The number of hydrogen-bond acceptors (Lipinski definition) is 3. The molecule has 0 aliphatic heterocycles. The molecule has 3 aromatic carbocycles. The predicted molar refractivity (Wildman–Crippen MR) is 94.3 cm³/mol. The smallest absolute Gasteiger partial charge is 0.0991 e. The number of benzene rings is 3. The topological polar surface area (TPSA) is 48.2 Å². The first-order valence-corrected chi connectivity index (χ1v) is 7.30. The van der Waals surface area contributed by atoms with Crippen molar-refractivity contribution in [1.82, 2.24) is 0 Å². The lowest BCUT2D eigenvalue weighted by atomic mass is 10.0. The van der Waals surface area contributed by atoms with Gasteiger partial charge in [-0.05, 0) is 47.0 Å². The van der Waals surface area contributed by atoms with Gasteiger partial charge in [-0.3, -0.25) is 5.43 Å². The molecular weight excluding hydrogens is 282 g/mol. The van der Waals surface area contributed by atoms with Crippen LogP contribution in [0.2, 0.25) is 0 Å². The summed E-state index contributed by atoms with van der Waals surface area (Å²) in [6.45, 7) is 0. The summed E-state index contributed by atoms with van der Waals surface area (Å²) in [5, 5.41) is 13.3. The van der Waals surface area contributed by atoms with Gasteiger partial charge in [-0.25, -0.2) is 0 Å². The quantitative estimate of drug-likeness (QED) is 0.562. The van der Waals surface area contributed by atoms with E-state index in [1.165, 1.54) is 0 Å². The van der Waals surface area contributed by atoms with Gasteiger partial charge >= 0.3 is 0 Å². The van der Waals surface area contributed by atoms with Crippen molar-refractivity contribution in [3.8, 4) is 17.2 Å². The molecule has 0 amide bonds. The van der Waals surface area contributed by atoms with Gasteiger partial charge in [0.1, 0.15) is 0 Å². The summed E-state index contributed by atoms with van der Waals surface area (Å²) in [5.41, 5.74) is 7.68. The molecule has 0 aliphatic carbocycles. The first-order chi connectivity index (χ1) is 11.3. The number of nitrogens with zero attached hydrogens (tertiary/aromatic N) is 2. The second kappa shape index (κ2) is 7.06. The van der Waals surface area contributed by atoms with E-state index in [1.807, 2.05) is 72.8 Å². The Bertz CT molecular complexity index is 861. The zero-order valence-corrected chi connectivity index (χ0v) is 12.5. The SMILES string of the molecule is N#Cc1cccc(-c2cccc(C=NNc3ccccc3)c2)c1. The van der Waals surface area contributed by atoms with Gasteiger partial charge in [0.05, 0.1) is 23.5 Å². The standard InChI is InChI=1S/C20H15N3/c21-14-16-6-4-8-18(12-16)19-9-5-7-17(13-19)15-22-23-20-10-2-1-3-11-20/h1-13,15,23H. The fraction of sp³-hybridized carbons (Fsp3) is 0.